The van der Waals surface area contributed by atoms with Crippen LogP contribution in [-0.4, -0.2) is 39.1 Å². The van der Waals surface area contributed by atoms with Crippen molar-refractivity contribution in [3.63, 3.8) is 0 Å². The second kappa shape index (κ2) is 10.7. The summed E-state index contributed by atoms with van der Waals surface area (Å²) >= 11 is 0. The van der Waals surface area contributed by atoms with Crippen LogP contribution in [-0.2, 0) is 0 Å². The number of rotatable bonds is 10. The normalized spacial score (nSPS) is 11.2. The zero-order valence-electron chi connectivity index (χ0n) is 19.1. The van der Waals surface area contributed by atoms with Crippen LogP contribution < -0.4 is 10.6 Å². The van der Waals surface area contributed by atoms with Gasteiger partial charge in [-0.3, -0.25) is 14.7 Å². The van der Waals surface area contributed by atoms with Crippen molar-refractivity contribution in [2.45, 2.75) is 65.5 Å². The van der Waals surface area contributed by atoms with Gasteiger partial charge in [-0.25, -0.2) is 4.98 Å². The van der Waals surface area contributed by atoms with E-state index in [2.05, 4.69) is 25.8 Å². The van der Waals surface area contributed by atoms with E-state index in [1.165, 1.54) is 6.20 Å². The first-order valence-corrected chi connectivity index (χ1v) is 11.2. The van der Waals surface area contributed by atoms with Gasteiger partial charge in [-0.1, -0.05) is 39.8 Å². The summed E-state index contributed by atoms with van der Waals surface area (Å²) in [4.78, 5) is 29.1. The Hall–Kier alpha value is -3.42. The van der Waals surface area contributed by atoms with Crippen LogP contribution in [0.15, 0.2) is 40.9 Å². The minimum absolute atomic E-state index is 0.107. The number of hydrogen-bond donors (Lipinski definition) is 3. The molecule has 0 unspecified atom stereocenters. The van der Waals surface area contributed by atoms with Crippen LogP contribution in [0, 0.1) is 0 Å². The molecule has 8 heteroatoms. The number of H-pyrrole nitrogens is 1. The molecule has 1 aromatic carbocycles. The molecule has 0 saturated carbocycles. The molecule has 0 aliphatic rings. The Labute approximate surface area is 188 Å². The minimum atomic E-state index is -0.269. The van der Waals surface area contributed by atoms with Gasteiger partial charge in [-0.05, 0) is 43.9 Å². The molecule has 2 heterocycles. The molecule has 3 N–H and O–H groups in total. The van der Waals surface area contributed by atoms with Gasteiger partial charge in [0.25, 0.3) is 11.8 Å². The van der Waals surface area contributed by atoms with Crippen LogP contribution in [0.2, 0.25) is 0 Å². The quantitative estimate of drug-likeness (QED) is 0.430. The highest BCUT2D eigenvalue weighted by molar-refractivity contribution is 5.93. The lowest BCUT2D eigenvalue weighted by molar-refractivity contribution is 0.0905. The average molecular weight is 438 g/mol. The highest BCUT2D eigenvalue weighted by Crippen LogP contribution is 2.25. The molecule has 170 valence electrons. The maximum atomic E-state index is 12.4. The third-order valence-corrected chi connectivity index (χ3v) is 5.60. The van der Waals surface area contributed by atoms with Crippen LogP contribution >= 0.6 is 0 Å². The van der Waals surface area contributed by atoms with Crippen molar-refractivity contribution in [3.05, 3.63) is 48.0 Å². The molecule has 0 atom stereocenters. The molecule has 3 rings (SSSR count). The first-order valence-electron chi connectivity index (χ1n) is 11.2. The van der Waals surface area contributed by atoms with Gasteiger partial charge in [-0.2, -0.15) is 5.10 Å². The molecule has 0 radical (unpaired) electrons. The fraction of sp³-hybridized carbons (Fsp3) is 0.417. The molecule has 2 amide bonds. The molecular formula is C24H31N5O3. The van der Waals surface area contributed by atoms with Crippen molar-refractivity contribution in [1.29, 1.82) is 0 Å². The van der Waals surface area contributed by atoms with E-state index in [0.717, 1.165) is 36.8 Å². The molecule has 8 nitrogen and oxygen atoms in total. The van der Waals surface area contributed by atoms with Gasteiger partial charge < -0.3 is 15.1 Å². The number of carbonyl (C=O) groups is 2. The Balaban J connectivity index is 1.76. The maximum absolute atomic E-state index is 12.4. The van der Waals surface area contributed by atoms with E-state index >= 15 is 0 Å². The molecule has 0 saturated heterocycles. The summed E-state index contributed by atoms with van der Waals surface area (Å²) in [5.41, 5.74) is 2.57. The number of aromatic amines is 1. The Bertz CT molecular complexity index is 968. The monoisotopic (exact) mass is 437 g/mol. The van der Waals surface area contributed by atoms with E-state index in [4.69, 9.17) is 4.42 Å². The fourth-order valence-corrected chi connectivity index (χ4v) is 3.42. The van der Waals surface area contributed by atoms with Crippen LogP contribution in [0.1, 0.15) is 74.4 Å². The Morgan fingerprint density at radius 2 is 1.56 bits per heavy atom. The summed E-state index contributed by atoms with van der Waals surface area (Å²) in [6.07, 6.45) is 4.89. The number of oxazole rings is 1. The van der Waals surface area contributed by atoms with E-state index in [1.807, 2.05) is 52.0 Å². The van der Waals surface area contributed by atoms with Gasteiger partial charge >= 0.3 is 0 Å². The average Bonchev–Trinajstić information content (AvgIpc) is 3.51. The minimum Gasteiger partial charge on any atom is -0.431 e. The molecule has 0 fully saturated rings. The lowest BCUT2D eigenvalue weighted by atomic mass is 10.1. The molecular weight excluding hydrogens is 406 g/mol. The molecule has 0 spiro atoms. The Morgan fingerprint density at radius 1 is 0.938 bits per heavy atom. The summed E-state index contributed by atoms with van der Waals surface area (Å²) in [6.45, 7) is 8.15. The van der Waals surface area contributed by atoms with Crippen molar-refractivity contribution >= 4 is 11.8 Å². The Morgan fingerprint density at radius 3 is 2.22 bits per heavy atom. The van der Waals surface area contributed by atoms with Crippen LogP contribution in [0.25, 0.3) is 22.7 Å². The van der Waals surface area contributed by atoms with Crippen molar-refractivity contribution in [1.82, 2.24) is 25.8 Å². The van der Waals surface area contributed by atoms with Crippen molar-refractivity contribution in [2.24, 2.45) is 0 Å². The van der Waals surface area contributed by atoms with Crippen LogP contribution in [0.4, 0.5) is 0 Å². The molecule has 3 aromatic rings. The van der Waals surface area contributed by atoms with Gasteiger partial charge in [0.05, 0.1) is 11.9 Å². The lowest BCUT2D eigenvalue weighted by Gasteiger charge is -2.13. The Kier molecular flexibility index (Phi) is 7.81. The maximum Gasteiger partial charge on any atom is 0.288 e. The highest BCUT2D eigenvalue weighted by atomic mass is 16.4. The number of aromatic nitrogens is 3. The summed E-state index contributed by atoms with van der Waals surface area (Å²) in [6, 6.07) is 9.44. The van der Waals surface area contributed by atoms with Gasteiger partial charge in [0, 0.05) is 23.2 Å². The van der Waals surface area contributed by atoms with E-state index < -0.39 is 0 Å². The van der Waals surface area contributed by atoms with Gasteiger partial charge in [0.15, 0.2) is 0 Å². The lowest BCUT2D eigenvalue weighted by Crippen LogP contribution is -2.33. The molecule has 0 aliphatic carbocycles. The first kappa shape index (κ1) is 23.2. The number of nitrogens with zero attached hydrogens (tertiary/aromatic N) is 2. The third kappa shape index (κ3) is 5.43. The summed E-state index contributed by atoms with van der Waals surface area (Å²) in [7, 11) is 0. The summed E-state index contributed by atoms with van der Waals surface area (Å²) in [5.74, 6) is 0.0876. The smallest absolute Gasteiger partial charge is 0.288 e. The molecule has 0 bridgehead atoms. The predicted molar refractivity (Wildman–Crippen MR) is 123 cm³/mol. The molecule has 0 aliphatic heterocycles. The van der Waals surface area contributed by atoms with Gasteiger partial charge in [0.2, 0.25) is 11.7 Å². The number of nitrogens with one attached hydrogen (secondary N) is 3. The van der Waals surface area contributed by atoms with Crippen molar-refractivity contribution in [3.8, 4) is 22.7 Å². The fourth-order valence-electron chi connectivity index (χ4n) is 3.42. The topological polar surface area (TPSA) is 113 Å². The molecule has 32 heavy (non-hydrogen) atoms. The predicted octanol–water partition coefficient (Wildman–Crippen LogP) is 4.57. The summed E-state index contributed by atoms with van der Waals surface area (Å²) < 4.78 is 5.71. The van der Waals surface area contributed by atoms with Crippen molar-refractivity contribution in [2.75, 3.05) is 0 Å². The number of hydrogen-bond acceptors (Lipinski definition) is 5. The van der Waals surface area contributed by atoms with E-state index in [-0.39, 0.29) is 29.7 Å². The second-order valence-corrected chi connectivity index (χ2v) is 7.75. The third-order valence-electron chi connectivity index (χ3n) is 5.60. The van der Waals surface area contributed by atoms with E-state index in [0.29, 0.717) is 17.3 Å². The SMILES string of the molecule is CCC(CC)NC(=O)c1cc(-c2cccc(-c3ncc(C(=O)NC(CC)CC)o3)c2)n[nH]1. The zero-order valence-corrected chi connectivity index (χ0v) is 19.1. The van der Waals surface area contributed by atoms with Crippen LogP contribution in [0.5, 0.6) is 0 Å². The zero-order chi connectivity index (χ0) is 23.1. The van der Waals surface area contributed by atoms with Gasteiger partial charge in [0.1, 0.15) is 5.69 Å². The highest BCUT2D eigenvalue weighted by Gasteiger charge is 2.18. The molecule has 2 aromatic heterocycles. The van der Waals surface area contributed by atoms with Crippen molar-refractivity contribution < 1.29 is 14.0 Å². The number of amides is 2. The first-order chi connectivity index (χ1) is 15.5. The van der Waals surface area contributed by atoms with Crippen LogP contribution in [0.3, 0.4) is 0 Å². The largest absolute Gasteiger partial charge is 0.431 e. The number of benzene rings is 1. The number of carbonyl (C=O) groups excluding carboxylic acids is 2. The summed E-state index contributed by atoms with van der Waals surface area (Å²) in [5, 5.41) is 13.0. The van der Waals surface area contributed by atoms with Gasteiger partial charge in [-0.15, -0.1) is 0 Å². The van der Waals surface area contributed by atoms with E-state index in [9.17, 15) is 9.59 Å². The second-order valence-electron chi connectivity index (χ2n) is 7.75. The van der Waals surface area contributed by atoms with E-state index in [1.54, 1.807) is 6.07 Å². The standard InChI is InChI=1S/C24H31N5O3/c1-5-17(6-2)26-22(30)20-13-19(28-29-20)15-10-9-11-16(12-15)24-25-14-21(32-24)23(31)27-18(7-3)8-4/h9-14,17-18H,5-8H2,1-4H3,(H,26,30)(H,27,31)(H,28,29).